The third-order valence-corrected chi connectivity index (χ3v) is 13.3. The van der Waals surface area contributed by atoms with Crippen LogP contribution in [0.25, 0.3) is 83.5 Å². The molecule has 7 aromatic carbocycles. The van der Waals surface area contributed by atoms with Gasteiger partial charge in [-0.1, -0.05) is 18.2 Å². The lowest BCUT2D eigenvalue weighted by Crippen LogP contribution is -2.29. The molecule has 18 nitrogen and oxygen atoms in total. The van der Waals surface area contributed by atoms with Gasteiger partial charge >= 0.3 is 0 Å². The number of carbonyl (C=O) groups excluding carboxylic acids is 4. The zero-order chi connectivity index (χ0) is 49.8. The number of oxazole rings is 2. The van der Waals surface area contributed by atoms with Crippen molar-refractivity contribution in [3.05, 3.63) is 191 Å². The molecule has 13 rings (SSSR count). The summed E-state index contributed by atoms with van der Waals surface area (Å²) in [5.41, 5.74) is 1.70. The first-order valence-corrected chi connectivity index (χ1v) is 22.0. The Morgan fingerprint density at radius 3 is 1.39 bits per heavy atom. The fraction of sp³-hybridized carbons (Fsp3) is 0.0370. The molecule has 0 atom stereocenters. The molecule has 2 aliphatic rings. The number of benzene rings is 7. The van der Waals surface area contributed by atoms with E-state index in [2.05, 4.69) is 9.97 Å². The molecule has 2 N–H and O–H groups in total. The number of aromatic nitrogens is 4. The van der Waals surface area contributed by atoms with Crippen molar-refractivity contribution in [3.63, 3.8) is 0 Å². The average Bonchev–Trinajstić information content (AvgIpc) is 4.20. The van der Waals surface area contributed by atoms with Crippen LogP contribution in [-0.2, 0) is 7.05 Å². The number of rotatable bonds is 6. The number of carbonyl (C=O) groups is 4. The van der Waals surface area contributed by atoms with Gasteiger partial charge in [0.1, 0.15) is 22.5 Å². The topological polar surface area (TPSA) is 245 Å². The lowest BCUT2D eigenvalue weighted by molar-refractivity contribution is 0.0910. The highest BCUT2D eigenvalue weighted by Gasteiger charge is 2.39. The third kappa shape index (κ3) is 5.82. The number of aromatic hydroxyl groups is 2. The van der Waals surface area contributed by atoms with E-state index in [9.17, 15) is 48.6 Å². The molecule has 4 aromatic heterocycles. The van der Waals surface area contributed by atoms with Crippen molar-refractivity contribution < 1.29 is 38.2 Å². The van der Waals surface area contributed by atoms with E-state index in [1.165, 1.54) is 92.0 Å². The second-order valence-electron chi connectivity index (χ2n) is 17.5. The largest absolute Gasteiger partial charge is 0.507 e. The number of nitrogens with zero attached hydrogens (tertiary/aromatic N) is 6. The van der Waals surface area contributed by atoms with Gasteiger partial charge in [0.05, 0.1) is 72.0 Å². The summed E-state index contributed by atoms with van der Waals surface area (Å²) in [7, 11) is 1.31. The standard InChI is InChI=1S/C54H28N6O12/c1-23-3-13-43-39(15-23)55-45(71-43)37-18-26(6-11-41(37)61)58-49(65)29-9-4-24(16-31(29)51(58)67)25-5-10-30-32(17-25)52(68)60(50(30)66)28-8-14-44-40(20-28)56-46(72-44)38-19-27(7-12-42(38)62)59-53(69)35-21-33-34(22-36(35)54(59)70)48(64)57(2)47(33)63/h3-22,61-62H,1-2H3. The first kappa shape index (κ1) is 41.8. The van der Waals surface area contributed by atoms with Crippen molar-refractivity contribution >= 4 is 78.7 Å². The summed E-state index contributed by atoms with van der Waals surface area (Å²) >= 11 is 0. The van der Waals surface area contributed by atoms with Gasteiger partial charge in [-0.25, -0.2) is 24.3 Å². The number of amides is 4. The highest BCUT2D eigenvalue weighted by Crippen LogP contribution is 2.40. The molecular weight excluding hydrogens is 925 g/mol. The average molecular weight is 953 g/mol. The lowest BCUT2D eigenvalue weighted by Gasteiger charge is -2.15. The summed E-state index contributed by atoms with van der Waals surface area (Å²) < 4.78 is 13.6. The molecular formula is C54H28N6O12. The Hall–Kier alpha value is -10.4. The van der Waals surface area contributed by atoms with Crippen LogP contribution in [0.1, 0.15) is 47.0 Å². The first-order valence-electron chi connectivity index (χ1n) is 22.0. The third-order valence-electron chi connectivity index (χ3n) is 13.3. The Labute approximate surface area is 400 Å². The van der Waals surface area contributed by atoms with Gasteiger partial charge in [-0.3, -0.25) is 42.9 Å². The van der Waals surface area contributed by atoms with Gasteiger partial charge in [0.2, 0.25) is 11.8 Å². The van der Waals surface area contributed by atoms with Crippen molar-refractivity contribution in [2.75, 3.05) is 9.80 Å². The van der Waals surface area contributed by atoms with Gasteiger partial charge in [0.15, 0.2) is 11.2 Å². The Bertz CT molecular complexity index is 4530. The molecule has 6 heterocycles. The van der Waals surface area contributed by atoms with Crippen molar-refractivity contribution in [2.24, 2.45) is 7.05 Å². The summed E-state index contributed by atoms with van der Waals surface area (Å²) in [5, 5.41) is 21.6. The molecule has 0 unspecified atom stereocenters. The Morgan fingerprint density at radius 1 is 0.417 bits per heavy atom. The van der Waals surface area contributed by atoms with Gasteiger partial charge in [-0.15, -0.1) is 0 Å². The van der Waals surface area contributed by atoms with Crippen molar-refractivity contribution in [2.45, 2.75) is 6.92 Å². The van der Waals surface area contributed by atoms with E-state index in [0.717, 1.165) is 24.5 Å². The zero-order valence-electron chi connectivity index (χ0n) is 37.2. The molecule has 2 aliphatic heterocycles. The fourth-order valence-electron chi connectivity index (χ4n) is 9.63. The van der Waals surface area contributed by atoms with E-state index in [1.807, 2.05) is 19.1 Å². The number of anilines is 2. The van der Waals surface area contributed by atoms with Crippen molar-refractivity contribution in [3.8, 4) is 51.2 Å². The molecule has 0 fully saturated rings. The Balaban J connectivity index is 0.780. The van der Waals surface area contributed by atoms with Crippen LogP contribution < -0.4 is 32.0 Å². The summed E-state index contributed by atoms with van der Waals surface area (Å²) in [5.74, 6) is -2.96. The van der Waals surface area contributed by atoms with E-state index in [4.69, 9.17) is 8.83 Å². The molecule has 346 valence electrons. The number of aryl methyl sites for hydroxylation is 1. The normalized spacial score (nSPS) is 13.5. The maximum absolute atomic E-state index is 14.1. The maximum Gasteiger partial charge on any atom is 0.266 e. The predicted molar refractivity (Wildman–Crippen MR) is 262 cm³/mol. The molecule has 18 heteroatoms. The highest BCUT2D eigenvalue weighted by molar-refractivity contribution is 6.36. The number of hydrogen-bond donors (Lipinski definition) is 2. The van der Waals surface area contributed by atoms with Gasteiger partial charge in [-0.05, 0) is 127 Å². The Kier molecular flexibility index (Phi) is 8.46. The molecule has 0 spiro atoms. The number of imide groups is 2. The Morgan fingerprint density at radius 2 is 0.847 bits per heavy atom. The number of phenols is 2. The highest BCUT2D eigenvalue weighted by atomic mass is 16.4. The minimum atomic E-state index is -0.750. The molecule has 0 aliphatic carbocycles. The smallest absolute Gasteiger partial charge is 0.266 e. The summed E-state index contributed by atoms with van der Waals surface area (Å²) in [4.78, 5) is 119. The van der Waals surface area contributed by atoms with E-state index in [1.54, 1.807) is 24.3 Å². The second-order valence-corrected chi connectivity index (χ2v) is 17.5. The van der Waals surface area contributed by atoms with Crippen LogP contribution in [0.15, 0.2) is 149 Å². The molecule has 0 saturated heterocycles. The van der Waals surface area contributed by atoms with Crippen molar-refractivity contribution in [1.82, 2.24) is 19.1 Å². The summed E-state index contributed by atoms with van der Waals surface area (Å²) in [6, 6.07) is 29.9. The maximum atomic E-state index is 14.1. The minimum absolute atomic E-state index is 0.00379. The molecule has 0 radical (unpaired) electrons. The number of hydrogen-bond acceptors (Lipinski definition) is 14. The van der Waals surface area contributed by atoms with Gasteiger partial charge in [0.25, 0.3) is 45.9 Å². The quantitative estimate of drug-likeness (QED) is 0.159. The number of phenolic OH excluding ortho intramolecular Hbond substituents is 2. The van der Waals surface area contributed by atoms with Crippen LogP contribution in [0.5, 0.6) is 11.5 Å². The van der Waals surface area contributed by atoms with E-state index in [-0.39, 0.29) is 106 Å². The zero-order valence-corrected chi connectivity index (χ0v) is 37.2. The molecule has 11 aromatic rings. The van der Waals surface area contributed by atoms with Crippen LogP contribution >= 0.6 is 0 Å². The van der Waals surface area contributed by atoms with Crippen molar-refractivity contribution in [1.29, 1.82) is 0 Å². The monoisotopic (exact) mass is 952 g/mol. The molecule has 0 saturated carbocycles. The fourth-order valence-corrected chi connectivity index (χ4v) is 9.63. The first-order chi connectivity index (χ1) is 34.6. The molecule has 0 bridgehead atoms. The van der Waals surface area contributed by atoms with Gasteiger partial charge in [0, 0.05) is 7.05 Å². The van der Waals surface area contributed by atoms with Crippen LogP contribution in [0, 0.1) is 6.92 Å². The SMILES string of the molecule is Cc1ccc2oc(-c3cc(N4C(=O)c5ccc(-c6ccc7c(c6)C(=O)N(c6ccc8oc(-c9cc(-n%10c(=O)c%11cc%12c(=O)n(C)c(=O)c%12cc%11c%10=O)ccc9O)nc8c6)C7=O)cc5C4=O)ccc3O)nc2c1. The number of fused-ring (bicyclic) bond motifs is 6. The molecule has 4 amide bonds. The minimum Gasteiger partial charge on any atom is -0.507 e. The van der Waals surface area contributed by atoms with Crippen LogP contribution in [0.2, 0.25) is 0 Å². The van der Waals surface area contributed by atoms with Crippen LogP contribution in [-0.4, -0.2) is 52.9 Å². The molecule has 72 heavy (non-hydrogen) atoms. The predicted octanol–water partition coefficient (Wildman–Crippen LogP) is 7.04. The second kappa shape index (κ2) is 14.6. The van der Waals surface area contributed by atoms with Crippen LogP contribution in [0.3, 0.4) is 0 Å². The summed E-state index contributed by atoms with van der Waals surface area (Å²) in [6.45, 7) is 1.91. The van der Waals surface area contributed by atoms with E-state index >= 15 is 0 Å². The summed E-state index contributed by atoms with van der Waals surface area (Å²) in [6.07, 6.45) is 0. The lowest BCUT2D eigenvalue weighted by atomic mass is 9.97. The van der Waals surface area contributed by atoms with Gasteiger partial charge in [-0.2, -0.15) is 0 Å². The van der Waals surface area contributed by atoms with E-state index < -0.39 is 45.9 Å². The van der Waals surface area contributed by atoms with Gasteiger partial charge < -0.3 is 19.0 Å². The van der Waals surface area contributed by atoms with Crippen LogP contribution in [0.4, 0.5) is 11.4 Å². The van der Waals surface area contributed by atoms with E-state index in [0.29, 0.717) is 22.2 Å².